The number of rotatable bonds is 11. The summed E-state index contributed by atoms with van der Waals surface area (Å²) in [6.07, 6.45) is 1.28. The van der Waals surface area contributed by atoms with E-state index in [1.54, 1.807) is 37.3 Å². The SMILES string of the molecule is CCNC(=O)[C@H](Cc1ccccc1)N(Cc1ccc(Cl)cc1Cl)C(=O)CN(c1ccc(C(C)(C)C)cc1)S(C)(=O)=O. The van der Waals surface area contributed by atoms with E-state index < -0.39 is 28.5 Å². The molecule has 2 amide bonds. The van der Waals surface area contributed by atoms with Crippen LogP contribution in [-0.2, 0) is 38.0 Å². The van der Waals surface area contributed by atoms with Crippen molar-refractivity contribution in [3.05, 3.63) is 99.5 Å². The van der Waals surface area contributed by atoms with Gasteiger partial charge in [0.15, 0.2) is 0 Å². The van der Waals surface area contributed by atoms with Crippen molar-refractivity contribution >= 4 is 50.7 Å². The lowest BCUT2D eigenvalue weighted by molar-refractivity contribution is -0.140. The molecule has 10 heteroatoms. The fourth-order valence-electron chi connectivity index (χ4n) is 4.42. The first-order valence-corrected chi connectivity index (χ1v) is 15.9. The first kappa shape index (κ1) is 32.4. The van der Waals surface area contributed by atoms with Gasteiger partial charge in [-0.25, -0.2) is 8.42 Å². The number of hydrogen-bond acceptors (Lipinski definition) is 4. The third-order valence-electron chi connectivity index (χ3n) is 6.68. The number of hydrogen-bond donors (Lipinski definition) is 1. The Bertz CT molecular complexity index is 1460. The van der Waals surface area contributed by atoms with Crippen molar-refractivity contribution in [2.45, 2.75) is 52.1 Å². The lowest BCUT2D eigenvalue weighted by atomic mass is 9.87. The Kier molecular flexibility index (Phi) is 10.9. The van der Waals surface area contributed by atoms with Crippen LogP contribution in [0.4, 0.5) is 5.69 Å². The van der Waals surface area contributed by atoms with Crippen LogP contribution in [0.5, 0.6) is 0 Å². The largest absolute Gasteiger partial charge is 0.355 e. The molecular formula is C31H37Cl2N3O4S. The van der Waals surface area contributed by atoms with Crippen LogP contribution in [0.15, 0.2) is 72.8 Å². The van der Waals surface area contributed by atoms with E-state index in [-0.39, 0.29) is 24.3 Å². The number of amides is 2. The summed E-state index contributed by atoms with van der Waals surface area (Å²) >= 11 is 12.6. The topological polar surface area (TPSA) is 86.8 Å². The third-order valence-corrected chi connectivity index (χ3v) is 8.41. The molecule has 220 valence electrons. The molecule has 7 nitrogen and oxygen atoms in total. The second-order valence-electron chi connectivity index (χ2n) is 10.9. The molecule has 3 rings (SSSR count). The van der Waals surface area contributed by atoms with Crippen molar-refractivity contribution in [1.82, 2.24) is 10.2 Å². The fourth-order valence-corrected chi connectivity index (χ4v) is 5.74. The molecule has 0 unspecified atom stereocenters. The van der Waals surface area contributed by atoms with E-state index in [4.69, 9.17) is 23.2 Å². The van der Waals surface area contributed by atoms with Crippen molar-refractivity contribution in [1.29, 1.82) is 0 Å². The van der Waals surface area contributed by atoms with Crippen LogP contribution in [0.25, 0.3) is 0 Å². The highest BCUT2D eigenvalue weighted by molar-refractivity contribution is 7.92. The maximum absolute atomic E-state index is 14.1. The van der Waals surface area contributed by atoms with Crippen LogP contribution in [0, 0.1) is 0 Å². The smallest absolute Gasteiger partial charge is 0.244 e. The molecule has 0 aliphatic heterocycles. The second-order valence-corrected chi connectivity index (χ2v) is 13.7. The fraction of sp³-hybridized carbons (Fsp3) is 0.355. The molecule has 0 aliphatic rings. The van der Waals surface area contributed by atoms with E-state index in [0.29, 0.717) is 27.8 Å². The molecule has 1 N–H and O–H groups in total. The van der Waals surface area contributed by atoms with E-state index in [9.17, 15) is 18.0 Å². The molecule has 0 aliphatic carbocycles. The Hall–Kier alpha value is -3.07. The zero-order valence-corrected chi connectivity index (χ0v) is 26.4. The van der Waals surface area contributed by atoms with Gasteiger partial charge >= 0.3 is 0 Å². The number of carbonyl (C=O) groups excluding carboxylic acids is 2. The van der Waals surface area contributed by atoms with E-state index >= 15 is 0 Å². The van der Waals surface area contributed by atoms with Crippen LogP contribution in [0.2, 0.25) is 10.0 Å². The van der Waals surface area contributed by atoms with Gasteiger partial charge in [0.05, 0.1) is 11.9 Å². The summed E-state index contributed by atoms with van der Waals surface area (Å²) < 4.78 is 27.0. The quantitative estimate of drug-likeness (QED) is 0.293. The minimum atomic E-state index is -3.85. The lowest BCUT2D eigenvalue weighted by Gasteiger charge is -2.33. The summed E-state index contributed by atoms with van der Waals surface area (Å²) in [7, 11) is -3.85. The molecule has 0 saturated heterocycles. The minimum Gasteiger partial charge on any atom is -0.355 e. The zero-order chi connectivity index (χ0) is 30.4. The van der Waals surface area contributed by atoms with Crippen LogP contribution < -0.4 is 9.62 Å². The molecule has 0 bridgehead atoms. The van der Waals surface area contributed by atoms with Crippen LogP contribution in [0.1, 0.15) is 44.4 Å². The standard InChI is InChI=1S/C31H37Cl2N3O4S/c1-6-34-30(38)28(18-22-10-8-7-9-11-22)35(20-23-12-15-25(32)19-27(23)33)29(37)21-36(41(5,39)40)26-16-13-24(14-17-26)31(2,3)4/h7-17,19,28H,6,18,20-21H2,1-5H3,(H,34,38)/t28-/m0/s1. The average Bonchev–Trinajstić information content (AvgIpc) is 2.90. The van der Waals surface area contributed by atoms with Gasteiger partial charge < -0.3 is 10.2 Å². The summed E-state index contributed by atoms with van der Waals surface area (Å²) in [6.45, 7) is 7.83. The number of carbonyl (C=O) groups is 2. The Morgan fingerprint density at radius 2 is 1.59 bits per heavy atom. The third kappa shape index (κ3) is 8.96. The van der Waals surface area contributed by atoms with Gasteiger partial charge in [0.1, 0.15) is 12.6 Å². The maximum atomic E-state index is 14.1. The summed E-state index contributed by atoms with van der Waals surface area (Å²) in [4.78, 5) is 28.9. The number of halogens is 2. The highest BCUT2D eigenvalue weighted by Gasteiger charge is 2.33. The van der Waals surface area contributed by atoms with Gasteiger partial charge in [-0.3, -0.25) is 13.9 Å². The van der Waals surface area contributed by atoms with Crippen LogP contribution in [-0.4, -0.2) is 50.5 Å². The number of nitrogens with zero attached hydrogens (tertiary/aromatic N) is 2. The van der Waals surface area contributed by atoms with Crippen LogP contribution >= 0.6 is 23.2 Å². The highest BCUT2D eigenvalue weighted by atomic mass is 35.5. The summed E-state index contributed by atoms with van der Waals surface area (Å²) in [5.41, 5.74) is 2.68. The summed E-state index contributed by atoms with van der Waals surface area (Å²) in [5.74, 6) is -0.899. The Morgan fingerprint density at radius 3 is 2.12 bits per heavy atom. The van der Waals surface area contributed by atoms with Crippen LogP contribution in [0.3, 0.4) is 0 Å². The monoisotopic (exact) mass is 617 g/mol. The average molecular weight is 619 g/mol. The van der Waals surface area contributed by atoms with E-state index in [2.05, 4.69) is 26.1 Å². The summed E-state index contributed by atoms with van der Waals surface area (Å²) in [5, 5.41) is 3.60. The van der Waals surface area contributed by atoms with Crippen molar-refractivity contribution in [2.24, 2.45) is 0 Å². The Labute approximate surface area is 253 Å². The molecule has 0 fully saturated rings. The molecule has 41 heavy (non-hydrogen) atoms. The number of benzene rings is 3. The number of nitrogens with one attached hydrogen (secondary N) is 1. The van der Waals surface area contributed by atoms with Crippen molar-refractivity contribution in [3.63, 3.8) is 0 Å². The first-order valence-electron chi connectivity index (χ1n) is 13.3. The first-order chi connectivity index (χ1) is 19.2. The maximum Gasteiger partial charge on any atom is 0.244 e. The van der Waals surface area contributed by atoms with Gasteiger partial charge in [-0.1, -0.05) is 92.5 Å². The van der Waals surface area contributed by atoms with Crippen molar-refractivity contribution in [3.8, 4) is 0 Å². The van der Waals surface area contributed by atoms with Gasteiger partial charge in [-0.05, 0) is 53.3 Å². The number of likely N-dealkylation sites (N-methyl/N-ethyl adjacent to an activating group) is 1. The van der Waals surface area contributed by atoms with Gasteiger partial charge in [-0.2, -0.15) is 0 Å². The molecule has 0 heterocycles. The van der Waals surface area contributed by atoms with Gasteiger partial charge in [-0.15, -0.1) is 0 Å². The molecule has 0 radical (unpaired) electrons. The Morgan fingerprint density at radius 1 is 0.951 bits per heavy atom. The predicted octanol–water partition coefficient (Wildman–Crippen LogP) is 5.83. The van der Waals surface area contributed by atoms with Gasteiger partial charge in [0.25, 0.3) is 0 Å². The molecule has 0 saturated carbocycles. The lowest BCUT2D eigenvalue weighted by Crippen LogP contribution is -2.53. The van der Waals surface area contributed by atoms with Crippen molar-refractivity contribution in [2.75, 3.05) is 23.7 Å². The highest BCUT2D eigenvalue weighted by Crippen LogP contribution is 2.27. The van der Waals surface area contributed by atoms with Gasteiger partial charge in [0, 0.05) is 29.6 Å². The van der Waals surface area contributed by atoms with Gasteiger partial charge in [0.2, 0.25) is 21.8 Å². The zero-order valence-electron chi connectivity index (χ0n) is 24.0. The Balaban J connectivity index is 2.06. The molecule has 3 aromatic carbocycles. The molecular weight excluding hydrogens is 581 g/mol. The predicted molar refractivity (Wildman–Crippen MR) is 167 cm³/mol. The minimum absolute atomic E-state index is 0.0238. The molecule has 0 aromatic heterocycles. The summed E-state index contributed by atoms with van der Waals surface area (Å²) in [6, 6.07) is 20.4. The van der Waals surface area contributed by atoms with Crippen molar-refractivity contribution < 1.29 is 18.0 Å². The molecule has 3 aromatic rings. The normalized spacial score (nSPS) is 12.5. The number of sulfonamides is 1. The molecule has 1 atom stereocenters. The van der Waals surface area contributed by atoms with E-state index in [0.717, 1.165) is 21.7 Å². The van der Waals surface area contributed by atoms with E-state index in [1.165, 1.54) is 4.90 Å². The molecule has 0 spiro atoms. The number of anilines is 1. The van der Waals surface area contributed by atoms with E-state index in [1.807, 2.05) is 42.5 Å². The second kappa shape index (κ2) is 13.7.